The van der Waals surface area contributed by atoms with Crippen LogP contribution in [-0.4, -0.2) is 22.4 Å². The Labute approximate surface area is 187 Å². The van der Waals surface area contributed by atoms with Crippen molar-refractivity contribution in [3.63, 3.8) is 0 Å². The van der Waals surface area contributed by atoms with Gasteiger partial charge >= 0.3 is 0 Å². The summed E-state index contributed by atoms with van der Waals surface area (Å²) in [6.45, 7) is 3.79. The summed E-state index contributed by atoms with van der Waals surface area (Å²) in [6.07, 6.45) is 11.3. The number of aliphatic hydroxyl groups is 2. The fourth-order valence-electron chi connectivity index (χ4n) is 6.52. The molecule has 0 amide bonds. The topological polar surface area (TPSA) is 40.5 Å². The molecule has 6 atom stereocenters. The van der Waals surface area contributed by atoms with E-state index in [-0.39, 0.29) is 11.8 Å². The van der Waals surface area contributed by atoms with Crippen LogP contribution in [0.2, 0.25) is 0 Å². The molecule has 3 rings (SSSR count). The first-order chi connectivity index (χ1) is 16.1. The minimum absolute atomic E-state index is 0.193. The lowest BCUT2D eigenvalue weighted by molar-refractivity contribution is 0.0861. The molecule has 0 aliphatic heterocycles. The number of allylic oxidation sites excluding steroid dienone is 3. The highest BCUT2D eigenvalue weighted by molar-refractivity contribution is 5.38. The van der Waals surface area contributed by atoms with Crippen LogP contribution in [0, 0.1) is 29.1 Å². The zero-order valence-electron chi connectivity index (χ0n) is 24.3. The van der Waals surface area contributed by atoms with Crippen molar-refractivity contribution in [1.82, 2.24) is 0 Å². The van der Waals surface area contributed by atoms with Crippen LogP contribution in [0.3, 0.4) is 0 Å². The van der Waals surface area contributed by atoms with Gasteiger partial charge in [0.15, 0.2) is 0 Å². The number of fused-ring (bicyclic) bond motifs is 1. The van der Waals surface area contributed by atoms with Crippen LogP contribution in [0.5, 0.6) is 0 Å². The van der Waals surface area contributed by atoms with Crippen LogP contribution in [0.1, 0.15) is 100.0 Å². The van der Waals surface area contributed by atoms with E-state index < -0.39 is 31.8 Å². The van der Waals surface area contributed by atoms with E-state index >= 15 is 0 Å². The Morgan fingerprint density at radius 1 is 1.24 bits per heavy atom. The Morgan fingerprint density at radius 2 is 2.03 bits per heavy atom. The van der Waals surface area contributed by atoms with E-state index in [0.717, 1.165) is 43.3 Å². The number of hydrogen-bond donors (Lipinski definition) is 2. The van der Waals surface area contributed by atoms with Crippen LogP contribution in [0.4, 0.5) is 0 Å². The molecule has 164 valence electrons. The lowest BCUT2D eigenvalue weighted by Crippen LogP contribution is -2.36. The summed E-state index contributed by atoms with van der Waals surface area (Å²) in [4.78, 5) is 0. The third-order valence-electron chi connectivity index (χ3n) is 8.14. The molecule has 0 radical (unpaired) electrons. The van der Waals surface area contributed by atoms with Crippen LogP contribution < -0.4 is 0 Å². The second kappa shape index (κ2) is 9.52. The predicted molar refractivity (Wildman–Crippen MR) is 123 cm³/mol. The lowest BCUT2D eigenvalue weighted by Gasteiger charge is -2.44. The maximum Gasteiger partial charge on any atom is 0.0811 e. The van der Waals surface area contributed by atoms with Gasteiger partial charge in [0.2, 0.25) is 0 Å². The highest BCUT2D eigenvalue weighted by Gasteiger charge is 2.50. The molecule has 0 bridgehead atoms. The number of hydrogen-bond acceptors (Lipinski definition) is 2. The molecule has 2 heteroatoms. The Kier molecular flexibility index (Phi) is 5.21. The number of rotatable bonds is 6. The molecule has 3 fully saturated rings. The van der Waals surface area contributed by atoms with Crippen LogP contribution in [0.25, 0.3) is 0 Å². The third kappa shape index (κ3) is 5.07. The number of aliphatic hydroxyl groups excluding tert-OH is 2. The van der Waals surface area contributed by atoms with Crippen molar-refractivity contribution in [2.24, 2.45) is 29.1 Å². The Morgan fingerprint density at radius 3 is 2.79 bits per heavy atom. The van der Waals surface area contributed by atoms with E-state index in [0.29, 0.717) is 37.0 Å². The van der Waals surface area contributed by atoms with Crippen LogP contribution in [-0.2, 0) is 0 Å². The highest BCUT2D eigenvalue weighted by atomic mass is 16.3. The van der Waals surface area contributed by atoms with Crippen molar-refractivity contribution in [3.05, 3.63) is 35.5 Å². The molecule has 0 heterocycles. The quantitative estimate of drug-likeness (QED) is 0.522. The van der Waals surface area contributed by atoms with E-state index in [2.05, 4.69) is 32.6 Å². The summed E-state index contributed by atoms with van der Waals surface area (Å²) in [5.41, 5.74) is 3.30. The molecule has 0 saturated heterocycles. The molecule has 3 saturated carbocycles. The second-order valence-electron chi connectivity index (χ2n) is 10.1. The van der Waals surface area contributed by atoms with Crippen molar-refractivity contribution in [1.29, 1.82) is 0 Å². The van der Waals surface area contributed by atoms with E-state index in [1.165, 1.54) is 12.0 Å². The Balaban J connectivity index is 1.67. The third-order valence-corrected chi connectivity index (χ3v) is 8.14. The minimum Gasteiger partial charge on any atom is -0.393 e. The summed E-state index contributed by atoms with van der Waals surface area (Å²) in [6, 6.07) is 0. The van der Waals surface area contributed by atoms with Gasteiger partial charge < -0.3 is 10.2 Å². The standard InChI is InChI=1S/C27H44O2/c1-18(2)8-6-9-19(3)24-13-14-25-21(10-7-15-27(24,25)5)11-12-22-16-23(28)17-26(29)20(22)4/h11-12,18-19,23-26,28-29H,4,6-10,13-17H2,1-3,5H3/b21-11+,22-12-/t19-,23-,24?,25?,26+,27-/m1/s1/i1D3,2D3. The lowest BCUT2D eigenvalue weighted by atomic mass is 9.60. The fourth-order valence-corrected chi connectivity index (χ4v) is 6.52. The molecule has 2 nitrogen and oxygen atoms in total. The highest BCUT2D eigenvalue weighted by Crippen LogP contribution is 2.59. The smallest absolute Gasteiger partial charge is 0.0811 e. The Hall–Kier alpha value is -0.860. The molecule has 3 aliphatic carbocycles. The van der Waals surface area contributed by atoms with Crippen molar-refractivity contribution < 1.29 is 18.4 Å². The average Bonchev–Trinajstić information content (AvgIpc) is 3.08. The largest absolute Gasteiger partial charge is 0.393 e. The average molecular weight is 407 g/mol. The van der Waals surface area contributed by atoms with Gasteiger partial charge in [-0.2, -0.15) is 0 Å². The van der Waals surface area contributed by atoms with Crippen molar-refractivity contribution in [2.45, 2.75) is 104 Å². The van der Waals surface area contributed by atoms with Gasteiger partial charge in [-0.1, -0.05) is 71.1 Å². The SMILES string of the molecule is [2H]C([2H])([2H])C(CCC[C@@H](C)C1CCC2/C(=C/C=C3/C[C@@H](O)C[C@H](O)C3=C)CCC[C@@]21C)C([2H])([2H])[2H]. The zero-order valence-corrected chi connectivity index (χ0v) is 18.3. The fraction of sp³-hybridized carbons (Fsp3) is 0.778. The molecule has 0 spiro atoms. The van der Waals surface area contributed by atoms with Crippen LogP contribution in [0.15, 0.2) is 35.5 Å². The summed E-state index contributed by atoms with van der Waals surface area (Å²) in [5.74, 6) is 0.207. The second-order valence-corrected chi connectivity index (χ2v) is 10.1. The molecular weight excluding hydrogens is 356 g/mol. The molecule has 0 aromatic carbocycles. The molecular formula is C27H44O2. The normalized spacial score (nSPS) is 43.3. The molecule has 3 aliphatic rings. The van der Waals surface area contributed by atoms with Gasteiger partial charge in [-0.25, -0.2) is 0 Å². The minimum atomic E-state index is -2.45. The molecule has 0 aromatic heterocycles. The van der Waals surface area contributed by atoms with Crippen LogP contribution >= 0.6 is 0 Å². The van der Waals surface area contributed by atoms with Crippen molar-refractivity contribution in [3.8, 4) is 0 Å². The maximum absolute atomic E-state index is 10.2. The molecule has 2 unspecified atom stereocenters. The van der Waals surface area contributed by atoms with Gasteiger partial charge in [0.1, 0.15) is 0 Å². The van der Waals surface area contributed by atoms with E-state index in [9.17, 15) is 10.2 Å². The maximum atomic E-state index is 10.2. The van der Waals surface area contributed by atoms with E-state index in [4.69, 9.17) is 8.22 Å². The van der Waals surface area contributed by atoms with Crippen molar-refractivity contribution in [2.75, 3.05) is 0 Å². The Bertz CT molecular complexity index is 813. The monoisotopic (exact) mass is 406 g/mol. The molecule has 0 aromatic rings. The summed E-state index contributed by atoms with van der Waals surface area (Å²) in [7, 11) is 0. The van der Waals surface area contributed by atoms with E-state index in [1.54, 1.807) is 0 Å². The first-order valence-electron chi connectivity index (χ1n) is 14.6. The van der Waals surface area contributed by atoms with Crippen molar-refractivity contribution >= 4 is 0 Å². The van der Waals surface area contributed by atoms with Gasteiger partial charge in [-0.3, -0.25) is 0 Å². The summed E-state index contributed by atoms with van der Waals surface area (Å²) in [5, 5.41) is 20.2. The summed E-state index contributed by atoms with van der Waals surface area (Å²) >= 11 is 0. The van der Waals surface area contributed by atoms with Gasteiger partial charge in [0.25, 0.3) is 0 Å². The predicted octanol–water partition coefficient (Wildman–Crippen LogP) is 6.59. The van der Waals surface area contributed by atoms with Gasteiger partial charge in [-0.05, 0) is 78.8 Å². The molecule has 2 N–H and O–H groups in total. The summed E-state index contributed by atoms with van der Waals surface area (Å²) < 4.78 is 45.9. The van der Waals surface area contributed by atoms with Gasteiger partial charge in [-0.15, -0.1) is 0 Å². The van der Waals surface area contributed by atoms with Gasteiger partial charge in [0, 0.05) is 14.6 Å². The molecule has 29 heavy (non-hydrogen) atoms. The first kappa shape index (κ1) is 15.9. The van der Waals surface area contributed by atoms with Gasteiger partial charge in [0.05, 0.1) is 12.2 Å². The first-order valence-corrected chi connectivity index (χ1v) is 11.6. The van der Waals surface area contributed by atoms with E-state index in [1.807, 2.05) is 0 Å². The zero-order chi connectivity index (χ0) is 26.2.